The second-order valence-electron chi connectivity index (χ2n) is 6.73. The van der Waals surface area contributed by atoms with E-state index >= 15 is 0 Å². The summed E-state index contributed by atoms with van der Waals surface area (Å²) in [6, 6.07) is 12.9. The average Bonchev–Trinajstić information content (AvgIpc) is 3.14. The summed E-state index contributed by atoms with van der Waals surface area (Å²) >= 11 is 7.76. The average molecular weight is 409 g/mol. The van der Waals surface area contributed by atoms with Crippen LogP contribution in [0.25, 0.3) is 4.91 Å². The van der Waals surface area contributed by atoms with Crippen LogP contribution in [0, 0.1) is 5.41 Å². The Morgan fingerprint density at radius 1 is 1.13 bits per heavy atom. The number of benzene rings is 1. The van der Waals surface area contributed by atoms with Gasteiger partial charge in [0.05, 0.1) is 16.7 Å². The van der Waals surface area contributed by atoms with Crippen LogP contribution < -0.4 is 4.74 Å². The van der Waals surface area contributed by atoms with E-state index in [0.29, 0.717) is 0 Å². The van der Waals surface area contributed by atoms with Crippen molar-refractivity contribution in [2.75, 3.05) is 7.11 Å². The second kappa shape index (κ2) is 6.30. The fourth-order valence-electron chi connectivity index (χ4n) is 3.12. The molecule has 1 aliphatic rings. The molecule has 1 aliphatic heterocycles. The first-order valence-corrected chi connectivity index (χ1v) is 10.2. The van der Waals surface area contributed by atoms with E-state index in [4.69, 9.17) is 4.74 Å². The molecule has 0 saturated heterocycles. The molecule has 3 rings (SSSR count). The predicted molar refractivity (Wildman–Crippen MR) is 107 cm³/mol. The topological polar surface area (TPSA) is 9.23 Å². The Morgan fingerprint density at radius 3 is 2.35 bits per heavy atom. The molecule has 23 heavy (non-hydrogen) atoms. The molecular weight excluding hydrogens is 388 g/mol. The summed E-state index contributed by atoms with van der Waals surface area (Å²) in [7, 11) is 1.71. The van der Waals surface area contributed by atoms with Crippen molar-refractivity contribution in [3.63, 3.8) is 0 Å². The Labute approximate surface area is 155 Å². The van der Waals surface area contributed by atoms with Crippen molar-refractivity contribution in [2.24, 2.45) is 5.41 Å². The van der Waals surface area contributed by atoms with Gasteiger partial charge in [0, 0.05) is 9.78 Å². The molecule has 2 atom stereocenters. The van der Waals surface area contributed by atoms with E-state index in [9.17, 15) is 0 Å². The Bertz CT molecular complexity index is 698. The normalized spacial score (nSPS) is 24.6. The fourth-order valence-corrected chi connectivity index (χ4v) is 7.17. The van der Waals surface area contributed by atoms with Crippen molar-refractivity contribution in [3.05, 3.63) is 58.3 Å². The minimum absolute atomic E-state index is 0.0431. The van der Waals surface area contributed by atoms with E-state index in [1.54, 1.807) is 18.4 Å². The van der Waals surface area contributed by atoms with E-state index in [0.717, 1.165) is 5.75 Å². The van der Waals surface area contributed by atoms with Gasteiger partial charge in [0.1, 0.15) is 5.75 Å². The summed E-state index contributed by atoms with van der Waals surface area (Å²) in [5, 5.41) is 2.14. The van der Waals surface area contributed by atoms with Crippen molar-refractivity contribution in [1.82, 2.24) is 0 Å². The highest BCUT2D eigenvalue weighted by Crippen LogP contribution is 2.63. The summed E-state index contributed by atoms with van der Waals surface area (Å²) in [6.45, 7) is 6.97. The number of ether oxygens (including phenoxy) is 1. The molecule has 1 nitrogen and oxygen atoms in total. The van der Waals surface area contributed by atoms with Crippen LogP contribution in [0.15, 0.2) is 47.9 Å². The van der Waals surface area contributed by atoms with E-state index in [1.165, 1.54) is 15.3 Å². The SMILES string of the molecule is COc1ccc(C2(C(C)(C)C)SC(c3cccs3)=CC2Br)cc1. The van der Waals surface area contributed by atoms with Crippen LogP contribution in [0.2, 0.25) is 0 Å². The first kappa shape index (κ1) is 17.1. The zero-order valence-electron chi connectivity index (χ0n) is 13.8. The third-order valence-corrected chi connectivity index (χ3v) is 8.64. The minimum Gasteiger partial charge on any atom is -0.497 e. The number of rotatable bonds is 3. The van der Waals surface area contributed by atoms with Gasteiger partial charge in [-0.1, -0.05) is 61.0 Å². The Kier molecular flexibility index (Phi) is 4.69. The highest BCUT2D eigenvalue weighted by atomic mass is 79.9. The number of halogens is 1. The molecule has 1 aromatic carbocycles. The first-order chi connectivity index (χ1) is 10.9. The van der Waals surface area contributed by atoms with Crippen molar-refractivity contribution >= 4 is 43.9 Å². The van der Waals surface area contributed by atoms with Gasteiger partial charge in [0.15, 0.2) is 0 Å². The molecule has 0 spiro atoms. The standard InChI is InChI=1S/C19H21BrOS2/c1-18(2,3)19(13-7-9-14(21-4)10-8-13)17(20)12-16(23-19)15-6-5-11-22-15/h5-12,17H,1-4H3. The Hall–Kier alpha value is -0.710. The predicted octanol–water partition coefficient (Wildman–Crippen LogP) is 6.55. The molecular formula is C19H21BrOS2. The molecule has 0 aliphatic carbocycles. The highest BCUT2D eigenvalue weighted by molar-refractivity contribution is 9.09. The number of hydrogen-bond donors (Lipinski definition) is 0. The van der Waals surface area contributed by atoms with Crippen LogP contribution in [0.1, 0.15) is 31.2 Å². The van der Waals surface area contributed by atoms with Gasteiger partial charge in [0.2, 0.25) is 0 Å². The Balaban J connectivity index is 2.06. The number of methoxy groups -OCH3 is 1. The van der Waals surface area contributed by atoms with Crippen molar-refractivity contribution in [1.29, 1.82) is 0 Å². The van der Waals surface area contributed by atoms with Crippen molar-refractivity contribution in [3.8, 4) is 5.75 Å². The van der Waals surface area contributed by atoms with Crippen molar-refractivity contribution in [2.45, 2.75) is 30.3 Å². The maximum atomic E-state index is 5.33. The van der Waals surface area contributed by atoms with Gasteiger partial charge in [0.25, 0.3) is 0 Å². The lowest BCUT2D eigenvalue weighted by molar-refractivity contribution is 0.296. The molecule has 0 radical (unpaired) electrons. The van der Waals surface area contributed by atoms with Gasteiger partial charge in [-0.2, -0.15) is 0 Å². The van der Waals surface area contributed by atoms with Crippen LogP contribution in [-0.2, 0) is 4.75 Å². The van der Waals surface area contributed by atoms with Gasteiger partial charge >= 0.3 is 0 Å². The van der Waals surface area contributed by atoms with E-state index < -0.39 is 0 Å². The molecule has 2 unspecified atom stereocenters. The number of allylic oxidation sites excluding steroid dienone is 1. The third-order valence-electron chi connectivity index (χ3n) is 4.35. The number of alkyl halides is 1. The molecule has 0 N–H and O–H groups in total. The van der Waals surface area contributed by atoms with Crippen molar-refractivity contribution < 1.29 is 4.74 Å². The molecule has 0 fully saturated rings. The summed E-state index contributed by atoms with van der Waals surface area (Å²) in [5.74, 6) is 0.901. The van der Waals surface area contributed by atoms with Gasteiger partial charge in [-0.3, -0.25) is 0 Å². The largest absolute Gasteiger partial charge is 0.497 e. The second-order valence-corrected chi connectivity index (χ2v) is 9.95. The Morgan fingerprint density at radius 2 is 1.83 bits per heavy atom. The molecule has 4 heteroatoms. The zero-order chi connectivity index (χ0) is 16.7. The van der Waals surface area contributed by atoms with E-state index in [1.807, 2.05) is 11.8 Å². The zero-order valence-corrected chi connectivity index (χ0v) is 17.0. The maximum absolute atomic E-state index is 5.33. The summed E-state index contributed by atoms with van der Waals surface area (Å²) in [5.41, 5.74) is 1.43. The van der Waals surface area contributed by atoms with Crippen LogP contribution in [0.4, 0.5) is 0 Å². The van der Waals surface area contributed by atoms with Gasteiger partial charge in [-0.15, -0.1) is 23.1 Å². The van der Waals surface area contributed by atoms with Crippen LogP contribution >= 0.6 is 39.0 Å². The van der Waals surface area contributed by atoms with E-state index in [-0.39, 0.29) is 15.0 Å². The van der Waals surface area contributed by atoms with Gasteiger partial charge in [-0.25, -0.2) is 0 Å². The lowest BCUT2D eigenvalue weighted by Crippen LogP contribution is -2.41. The number of hydrogen-bond acceptors (Lipinski definition) is 3. The number of thioether (sulfide) groups is 1. The third kappa shape index (κ3) is 2.90. The monoisotopic (exact) mass is 408 g/mol. The lowest BCUT2D eigenvalue weighted by Gasteiger charge is -2.44. The summed E-state index contributed by atoms with van der Waals surface area (Å²) in [4.78, 5) is 3.00. The lowest BCUT2D eigenvalue weighted by atomic mass is 9.73. The molecule has 1 aromatic heterocycles. The molecule has 2 heterocycles. The summed E-state index contributed by atoms with van der Waals surface area (Å²) in [6.07, 6.45) is 2.37. The summed E-state index contributed by atoms with van der Waals surface area (Å²) < 4.78 is 5.28. The van der Waals surface area contributed by atoms with Gasteiger partial charge in [-0.05, 0) is 34.6 Å². The quantitative estimate of drug-likeness (QED) is 0.532. The van der Waals surface area contributed by atoms with Crippen LogP contribution in [-0.4, -0.2) is 11.9 Å². The van der Waals surface area contributed by atoms with Crippen LogP contribution in [0.3, 0.4) is 0 Å². The molecule has 2 aromatic rings. The molecule has 0 saturated carbocycles. The molecule has 0 bridgehead atoms. The van der Waals surface area contributed by atoms with Gasteiger partial charge < -0.3 is 4.74 Å². The van der Waals surface area contributed by atoms with E-state index in [2.05, 4.69) is 84.6 Å². The maximum Gasteiger partial charge on any atom is 0.118 e. The minimum atomic E-state index is -0.0431. The molecule has 0 amide bonds. The highest BCUT2D eigenvalue weighted by Gasteiger charge is 2.52. The number of thiophene rings is 1. The molecule has 122 valence electrons. The van der Waals surface area contributed by atoms with Crippen LogP contribution in [0.5, 0.6) is 5.75 Å². The fraction of sp³-hybridized carbons (Fsp3) is 0.368. The smallest absolute Gasteiger partial charge is 0.118 e. The first-order valence-electron chi connectivity index (χ1n) is 7.62.